The molecule has 0 unspecified atom stereocenters. The zero-order valence-corrected chi connectivity index (χ0v) is 8.98. The lowest BCUT2D eigenvalue weighted by Crippen LogP contribution is -2.43. The molecule has 0 radical (unpaired) electrons. The molecule has 5 heteroatoms. The van der Waals surface area contributed by atoms with E-state index < -0.39 is 11.8 Å². The van der Waals surface area contributed by atoms with Crippen molar-refractivity contribution in [2.24, 2.45) is 11.8 Å². The molecule has 16 heavy (non-hydrogen) atoms. The van der Waals surface area contributed by atoms with Crippen LogP contribution in [0.1, 0.15) is 25.7 Å². The van der Waals surface area contributed by atoms with Crippen LogP contribution in [-0.4, -0.2) is 19.0 Å². The molecule has 2 aliphatic rings. The van der Waals surface area contributed by atoms with E-state index in [1.54, 1.807) is 0 Å². The van der Waals surface area contributed by atoms with Crippen molar-refractivity contribution in [1.29, 1.82) is 0 Å². The molecule has 92 valence electrons. The molecule has 0 bridgehead atoms. The Bertz CT molecular complexity index is 269. The van der Waals surface area contributed by atoms with Gasteiger partial charge in [0, 0.05) is 25.7 Å². The molecular formula is C11H14F4O. The van der Waals surface area contributed by atoms with Crippen LogP contribution in [0.4, 0.5) is 17.6 Å². The number of alkyl halides is 4. The molecule has 0 N–H and O–H groups in total. The number of halogens is 4. The van der Waals surface area contributed by atoms with E-state index in [0.29, 0.717) is 5.57 Å². The lowest BCUT2D eigenvalue weighted by Gasteiger charge is -2.43. The SMILES string of the molecule is COC=C(C1CC(F)(F)C1)C1CC(F)(F)C1. The number of hydrogen-bond acceptors (Lipinski definition) is 1. The number of rotatable bonds is 3. The summed E-state index contributed by atoms with van der Waals surface area (Å²) in [6.45, 7) is 0. The van der Waals surface area contributed by atoms with Gasteiger partial charge in [-0.3, -0.25) is 0 Å². The van der Waals surface area contributed by atoms with Gasteiger partial charge in [0.1, 0.15) is 0 Å². The van der Waals surface area contributed by atoms with Gasteiger partial charge in [-0.05, 0) is 17.4 Å². The summed E-state index contributed by atoms with van der Waals surface area (Å²) >= 11 is 0. The number of methoxy groups -OCH3 is 1. The fourth-order valence-electron chi connectivity index (χ4n) is 2.46. The largest absolute Gasteiger partial charge is 0.504 e. The highest BCUT2D eigenvalue weighted by atomic mass is 19.3. The molecule has 0 atom stereocenters. The Balaban J connectivity index is 1.96. The van der Waals surface area contributed by atoms with Gasteiger partial charge in [0.25, 0.3) is 0 Å². The predicted molar refractivity (Wildman–Crippen MR) is 50.4 cm³/mol. The molecule has 2 rings (SSSR count). The van der Waals surface area contributed by atoms with E-state index in [0.717, 1.165) is 0 Å². The van der Waals surface area contributed by atoms with E-state index in [9.17, 15) is 17.6 Å². The van der Waals surface area contributed by atoms with E-state index in [1.807, 2.05) is 0 Å². The second-order valence-corrected chi connectivity index (χ2v) is 4.78. The van der Waals surface area contributed by atoms with Crippen LogP contribution in [0.3, 0.4) is 0 Å². The normalized spacial score (nSPS) is 27.8. The van der Waals surface area contributed by atoms with Crippen LogP contribution in [0.15, 0.2) is 11.8 Å². The van der Waals surface area contributed by atoms with Crippen LogP contribution in [0.5, 0.6) is 0 Å². The van der Waals surface area contributed by atoms with Gasteiger partial charge in [-0.25, -0.2) is 17.6 Å². The maximum atomic E-state index is 12.7. The Hall–Kier alpha value is -0.740. The molecule has 0 aromatic heterocycles. The molecule has 0 spiro atoms. The lowest BCUT2D eigenvalue weighted by molar-refractivity contribution is -0.124. The molecule has 0 heterocycles. The second kappa shape index (κ2) is 3.64. The minimum absolute atomic E-state index is 0.232. The third kappa shape index (κ3) is 2.18. The van der Waals surface area contributed by atoms with E-state index in [1.165, 1.54) is 13.4 Å². The first-order chi connectivity index (χ1) is 7.33. The lowest BCUT2D eigenvalue weighted by atomic mass is 9.66. The third-order valence-electron chi connectivity index (χ3n) is 3.38. The Morgan fingerprint density at radius 2 is 1.38 bits per heavy atom. The summed E-state index contributed by atoms with van der Waals surface area (Å²) in [5, 5.41) is 0. The van der Waals surface area contributed by atoms with Crippen molar-refractivity contribution in [3.8, 4) is 0 Å². The molecule has 0 amide bonds. The van der Waals surface area contributed by atoms with Crippen LogP contribution in [-0.2, 0) is 4.74 Å². The fraction of sp³-hybridized carbons (Fsp3) is 0.818. The maximum absolute atomic E-state index is 12.7. The second-order valence-electron chi connectivity index (χ2n) is 4.78. The molecule has 2 aliphatic carbocycles. The third-order valence-corrected chi connectivity index (χ3v) is 3.38. The molecule has 0 aliphatic heterocycles. The minimum atomic E-state index is -2.62. The molecular weight excluding hydrogens is 224 g/mol. The van der Waals surface area contributed by atoms with Gasteiger partial charge in [0.2, 0.25) is 11.8 Å². The first-order valence-electron chi connectivity index (χ1n) is 5.31. The highest BCUT2D eigenvalue weighted by molar-refractivity contribution is 5.18. The molecule has 2 fully saturated rings. The van der Waals surface area contributed by atoms with Gasteiger partial charge >= 0.3 is 0 Å². The molecule has 0 saturated heterocycles. The van der Waals surface area contributed by atoms with Crippen molar-refractivity contribution in [2.45, 2.75) is 37.5 Å². The average Bonchev–Trinajstić information content (AvgIpc) is 2.06. The Labute approximate surface area is 91.5 Å². The van der Waals surface area contributed by atoms with Gasteiger partial charge < -0.3 is 4.74 Å². The average molecular weight is 238 g/mol. The summed E-state index contributed by atoms with van der Waals surface area (Å²) in [4.78, 5) is 0. The van der Waals surface area contributed by atoms with Crippen LogP contribution in [0, 0.1) is 11.8 Å². The Morgan fingerprint density at radius 1 is 1.00 bits per heavy atom. The Morgan fingerprint density at radius 3 is 1.62 bits per heavy atom. The van der Waals surface area contributed by atoms with Crippen LogP contribution in [0.25, 0.3) is 0 Å². The molecule has 2 saturated carbocycles. The highest BCUT2D eigenvalue weighted by Crippen LogP contribution is 2.54. The van der Waals surface area contributed by atoms with Gasteiger partial charge in [-0.1, -0.05) is 0 Å². The van der Waals surface area contributed by atoms with Gasteiger partial charge in [0.15, 0.2) is 0 Å². The maximum Gasteiger partial charge on any atom is 0.249 e. The van der Waals surface area contributed by atoms with Crippen molar-refractivity contribution in [3.63, 3.8) is 0 Å². The van der Waals surface area contributed by atoms with Crippen LogP contribution >= 0.6 is 0 Å². The van der Waals surface area contributed by atoms with Crippen molar-refractivity contribution in [2.75, 3.05) is 7.11 Å². The topological polar surface area (TPSA) is 9.23 Å². The van der Waals surface area contributed by atoms with Crippen molar-refractivity contribution in [1.82, 2.24) is 0 Å². The zero-order chi connectivity index (χ0) is 12.0. The summed E-state index contributed by atoms with van der Waals surface area (Å²) < 4.78 is 55.6. The van der Waals surface area contributed by atoms with Crippen molar-refractivity contribution in [3.05, 3.63) is 11.8 Å². The van der Waals surface area contributed by atoms with Crippen LogP contribution < -0.4 is 0 Å². The molecule has 1 nitrogen and oxygen atoms in total. The van der Waals surface area contributed by atoms with Gasteiger partial charge in [0.05, 0.1) is 13.4 Å². The summed E-state index contributed by atoms with van der Waals surface area (Å²) in [5.41, 5.74) is 0.638. The molecule has 0 aromatic rings. The quantitative estimate of drug-likeness (QED) is 0.539. The van der Waals surface area contributed by atoms with Crippen molar-refractivity contribution >= 4 is 0 Å². The summed E-state index contributed by atoms with van der Waals surface area (Å²) in [6, 6.07) is 0. The number of hydrogen-bond donors (Lipinski definition) is 0. The highest BCUT2D eigenvalue weighted by Gasteiger charge is 2.53. The number of ether oxygens (including phenoxy) is 1. The first-order valence-corrected chi connectivity index (χ1v) is 5.31. The number of allylic oxidation sites excluding steroid dienone is 1. The van der Waals surface area contributed by atoms with E-state index >= 15 is 0 Å². The predicted octanol–water partition coefficient (Wildman–Crippen LogP) is 3.61. The zero-order valence-electron chi connectivity index (χ0n) is 8.98. The first kappa shape index (κ1) is 11.7. The standard InChI is InChI=1S/C11H14F4O/c1-16-6-9(7-2-10(12,13)3-7)8-4-11(14,15)5-8/h6-8H,2-5H2,1H3. The summed E-state index contributed by atoms with van der Waals surface area (Å²) in [7, 11) is 1.41. The smallest absolute Gasteiger partial charge is 0.249 e. The monoisotopic (exact) mass is 238 g/mol. The van der Waals surface area contributed by atoms with Crippen molar-refractivity contribution < 1.29 is 22.3 Å². The summed E-state index contributed by atoms with van der Waals surface area (Å²) in [5.74, 6) is -5.81. The van der Waals surface area contributed by atoms with E-state index in [4.69, 9.17) is 4.74 Å². The van der Waals surface area contributed by atoms with E-state index in [2.05, 4.69) is 0 Å². The van der Waals surface area contributed by atoms with Gasteiger partial charge in [-0.15, -0.1) is 0 Å². The molecule has 0 aromatic carbocycles. The van der Waals surface area contributed by atoms with Crippen LogP contribution in [0.2, 0.25) is 0 Å². The Kier molecular flexibility index (Phi) is 2.67. The summed E-state index contributed by atoms with van der Waals surface area (Å²) in [6.07, 6.45) is 0.447. The van der Waals surface area contributed by atoms with E-state index in [-0.39, 0.29) is 37.5 Å². The van der Waals surface area contributed by atoms with Gasteiger partial charge in [-0.2, -0.15) is 0 Å². The fourth-order valence-corrected chi connectivity index (χ4v) is 2.46. The minimum Gasteiger partial charge on any atom is -0.504 e.